The van der Waals surface area contributed by atoms with Gasteiger partial charge in [-0.1, -0.05) is 6.92 Å². The second-order valence-corrected chi connectivity index (χ2v) is 3.67. The summed E-state index contributed by atoms with van der Waals surface area (Å²) in [4.78, 5) is 13.0. The van der Waals surface area contributed by atoms with E-state index in [9.17, 15) is 4.79 Å². The monoisotopic (exact) mass is 186 g/mol. The van der Waals surface area contributed by atoms with Crippen LogP contribution < -0.4 is 5.32 Å². The third-order valence-electron chi connectivity index (χ3n) is 2.97. The summed E-state index contributed by atoms with van der Waals surface area (Å²) >= 11 is 0. The van der Waals surface area contributed by atoms with E-state index in [-0.39, 0.29) is 12.0 Å². The van der Waals surface area contributed by atoms with Crippen molar-refractivity contribution in [1.82, 2.24) is 10.2 Å². The summed E-state index contributed by atoms with van der Waals surface area (Å²) in [7, 11) is 3.82. The molecule has 2 N–H and O–H groups in total. The number of carbonyl (C=O) groups is 1. The summed E-state index contributed by atoms with van der Waals surface area (Å²) in [5, 5.41) is 12.1. The molecular weight excluding hydrogens is 168 g/mol. The maximum atomic E-state index is 10.9. The van der Waals surface area contributed by atoms with Crippen molar-refractivity contribution in [3.8, 4) is 0 Å². The van der Waals surface area contributed by atoms with E-state index in [1.165, 1.54) is 0 Å². The van der Waals surface area contributed by atoms with Crippen molar-refractivity contribution >= 4 is 5.97 Å². The number of likely N-dealkylation sites (N-methyl/N-ethyl adjacent to an activating group) is 2. The number of nitrogens with zero attached hydrogens (tertiary/aromatic N) is 1. The topological polar surface area (TPSA) is 52.6 Å². The van der Waals surface area contributed by atoms with E-state index < -0.39 is 5.97 Å². The van der Waals surface area contributed by atoms with Gasteiger partial charge in [-0.05, 0) is 20.5 Å². The zero-order valence-electron chi connectivity index (χ0n) is 8.45. The normalized spacial score (nSPS) is 35.2. The second-order valence-electron chi connectivity index (χ2n) is 3.67. The molecule has 0 radical (unpaired) electrons. The Labute approximate surface area is 78.9 Å². The zero-order chi connectivity index (χ0) is 10.0. The van der Waals surface area contributed by atoms with Crippen LogP contribution >= 0.6 is 0 Å². The van der Waals surface area contributed by atoms with Crippen LogP contribution in [0.15, 0.2) is 0 Å². The summed E-state index contributed by atoms with van der Waals surface area (Å²) in [6, 6.07) is 0.443. The molecule has 1 fully saturated rings. The van der Waals surface area contributed by atoms with Gasteiger partial charge in [0.2, 0.25) is 0 Å². The summed E-state index contributed by atoms with van der Waals surface area (Å²) < 4.78 is 0. The molecule has 0 bridgehead atoms. The fourth-order valence-electron chi connectivity index (χ4n) is 2.29. The molecule has 1 heterocycles. The number of hydrogen-bond donors (Lipinski definition) is 2. The van der Waals surface area contributed by atoms with Crippen LogP contribution in [-0.2, 0) is 4.79 Å². The van der Waals surface area contributed by atoms with Gasteiger partial charge in [0, 0.05) is 18.6 Å². The molecule has 3 unspecified atom stereocenters. The van der Waals surface area contributed by atoms with Crippen molar-refractivity contribution in [1.29, 1.82) is 0 Å². The van der Waals surface area contributed by atoms with Crippen molar-refractivity contribution in [2.75, 3.05) is 20.6 Å². The number of carboxylic acid groups (broad SMARTS) is 1. The molecule has 0 amide bonds. The predicted molar refractivity (Wildman–Crippen MR) is 50.7 cm³/mol. The average Bonchev–Trinajstić information content (AvgIpc) is 2.41. The van der Waals surface area contributed by atoms with Crippen LogP contribution in [-0.4, -0.2) is 48.7 Å². The van der Waals surface area contributed by atoms with Gasteiger partial charge in [0.05, 0.1) is 5.92 Å². The Balaban J connectivity index is 2.74. The lowest BCUT2D eigenvalue weighted by molar-refractivity contribution is -0.141. The number of hydrogen-bond acceptors (Lipinski definition) is 3. The smallest absolute Gasteiger partial charge is 0.309 e. The summed E-state index contributed by atoms with van der Waals surface area (Å²) in [6.45, 7) is 2.75. The van der Waals surface area contributed by atoms with Gasteiger partial charge in [-0.3, -0.25) is 4.79 Å². The number of aliphatic carboxylic acids is 1. The van der Waals surface area contributed by atoms with Crippen molar-refractivity contribution < 1.29 is 9.90 Å². The van der Waals surface area contributed by atoms with E-state index in [1.54, 1.807) is 0 Å². The lowest BCUT2D eigenvalue weighted by atomic mass is 9.97. The molecule has 1 saturated heterocycles. The van der Waals surface area contributed by atoms with Crippen LogP contribution in [0.25, 0.3) is 0 Å². The average molecular weight is 186 g/mol. The first-order valence-corrected chi connectivity index (χ1v) is 4.72. The molecule has 0 aromatic rings. The lowest BCUT2D eigenvalue weighted by Gasteiger charge is -2.23. The van der Waals surface area contributed by atoms with Gasteiger partial charge in [-0.25, -0.2) is 0 Å². The molecule has 3 atom stereocenters. The van der Waals surface area contributed by atoms with E-state index in [0.717, 1.165) is 6.42 Å². The lowest BCUT2D eigenvalue weighted by Crippen LogP contribution is -2.43. The Kier molecular flexibility index (Phi) is 3.27. The number of carboxylic acids is 1. The fourth-order valence-corrected chi connectivity index (χ4v) is 2.29. The maximum absolute atomic E-state index is 10.9. The summed E-state index contributed by atoms with van der Waals surface area (Å²) in [6.07, 6.45) is 0.992. The van der Waals surface area contributed by atoms with Crippen LogP contribution in [0.3, 0.4) is 0 Å². The molecule has 0 aromatic carbocycles. The molecule has 13 heavy (non-hydrogen) atoms. The molecular formula is C9H18N2O2. The van der Waals surface area contributed by atoms with E-state index >= 15 is 0 Å². The third kappa shape index (κ3) is 1.84. The molecule has 1 aliphatic rings. The third-order valence-corrected chi connectivity index (χ3v) is 2.97. The van der Waals surface area contributed by atoms with Crippen molar-refractivity contribution in [2.24, 2.45) is 5.92 Å². The standard InChI is InChI=1S/C9H18N2O2/c1-4-7-8(10-2)6(9(12)13)5-11(7)3/h6-8,10H,4-5H2,1-3H3,(H,12,13). The van der Waals surface area contributed by atoms with Gasteiger partial charge in [-0.2, -0.15) is 0 Å². The minimum Gasteiger partial charge on any atom is -0.481 e. The van der Waals surface area contributed by atoms with Gasteiger partial charge in [0.1, 0.15) is 0 Å². The molecule has 1 rings (SSSR count). The largest absolute Gasteiger partial charge is 0.481 e. The van der Waals surface area contributed by atoms with Crippen LogP contribution in [0.2, 0.25) is 0 Å². The van der Waals surface area contributed by atoms with E-state index in [1.807, 2.05) is 14.1 Å². The van der Waals surface area contributed by atoms with Gasteiger partial charge in [0.15, 0.2) is 0 Å². The Bertz CT molecular complexity index is 196. The minimum absolute atomic E-state index is 0.0903. The number of likely N-dealkylation sites (tertiary alicyclic amines) is 1. The first-order valence-electron chi connectivity index (χ1n) is 4.72. The van der Waals surface area contributed by atoms with Crippen molar-refractivity contribution in [3.05, 3.63) is 0 Å². The van der Waals surface area contributed by atoms with Crippen LogP contribution in [0, 0.1) is 5.92 Å². The second kappa shape index (κ2) is 4.07. The maximum Gasteiger partial charge on any atom is 0.309 e. The fraction of sp³-hybridized carbons (Fsp3) is 0.889. The number of rotatable bonds is 3. The molecule has 0 aliphatic carbocycles. The Morgan fingerprint density at radius 3 is 2.69 bits per heavy atom. The van der Waals surface area contributed by atoms with Crippen LogP contribution in [0.5, 0.6) is 0 Å². The highest BCUT2D eigenvalue weighted by Crippen LogP contribution is 2.24. The van der Waals surface area contributed by atoms with Crippen LogP contribution in [0.4, 0.5) is 0 Å². The Morgan fingerprint density at radius 1 is 1.69 bits per heavy atom. The van der Waals surface area contributed by atoms with Gasteiger partial charge >= 0.3 is 5.97 Å². The summed E-state index contributed by atoms with van der Waals surface area (Å²) in [5.74, 6) is -0.956. The first-order chi connectivity index (χ1) is 6.11. The van der Waals surface area contributed by atoms with E-state index in [4.69, 9.17) is 5.11 Å². The van der Waals surface area contributed by atoms with Gasteiger partial charge in [0.25, 0.3) is 0 Å². The first kappa shape index (κ1) is 10.5. The van der Waals surface area contributed by atoms with E-state index in [2.05, 4.69) is 17.1 Å². The molecule has 0 spiro atoms. The minimum atomic E-state index is -0.692. The predicted octanol–water partition coefficient (Wildman–Crippen LogP) is -0.000800. The highest BCUT2D eigenvalue weighted by molar-refractivity contribution is 5.72. The number of nitrogens with one attached hydrogen (secondary N) is 1. The molecule has 0 aromatic heterocycles. The molecule has 76 valence electrons. The molecule has 0 saturated carbocycles. The molecule has 1 aliphatic heterocycles. The van der Waals surface area contributed by atoms with Gasteiger partial charge < -0.3 is 15.3 Å². The van der Waals surface area contributed by atoms with Gasteiger partial charge in [-0.15, -0.1) is 0 Å². The zero-order valence-corrected chi connectivity index (χ0v) is 8.45. The highest BCUT2D eigenvalue weighted by Gasteiger charge is 2.41. The Hall–Kier alpha value is -0.610. The van der Waals surface area contributed by atoms with Crippen molar-refractivity contribution in [2.45, 2.75) is 25.4 Å². The van der Waals surface area contributed by atoms with Crippen molar-refractivity contribution in [3.63, 3.8) is 0 Å². The molecule has 4 heteroatoms. The SMILES string of the molecule is CCC1C(NC)C(C(=O)O)CN1C. The quantitative estimate of drug-likeness (QED) is 0.651. The van der Waals surface area contributed by atoms with E-state index in [0.29, 0.717) is 12.6 Å². The molecule has 4 nitrogen and oxygen atoms in total. The summed E-state index contributed by atoms with van der Waals surface area (Å²) in [5.41, 5.74) is 0. The highest BCUT2D eigenvalue weighted by atomic mass is 16.4. The van der Waals surface area contributed by atoms with Crippen LogP contribution in [0.1, 0.15) is 13.3 Å². The Morgan fingerprint density at radius 2 is 2.31 bits per heavy atom.